The Morgan fingerprint density at radius 1 is 1.36 bits per heavy atom. The van der Waals surface area contributed by atoms with Gasteiger partial charge in [0.25, 0.3) is 0 Å². The quantitative estimate of drug-likeness (QED) is 0.764. The molecule has 0 saturated heterocycles. The minimum absolute atomic E-state index is 0.0951. The van der Waals surface area contributed by atoms with Crippen molar-refractivity contribution in [2.24, 2.45) is 5.73 Å². The highest BCUT2D eigenvalue weighted by molar-refractivity contribution is 7.20. The van der Waals surface area contributed by atoms with Crippen LogP contribution in [0.1, 0.15) is 29.6 Å². The molecule has 2 atom stereocenters. The van der Waals surface area contributed by atoms with Crippen molar-refractivity contribution in [1.82, 2.24) is 10.3 Å². The first kappa shape index (κ1) is 16.5. The predicted molar refractivity (Wildman–Crippen MR) is 84.7 cm³/mol. The number of amides is 1. The fraction of sp³-hybridized carbons (Fsp3) is 0.400. The number of Topliss-reactive ketones (excluding diaryl/α,β-unsaturated/α-hetero) is 1. The van der Waals surface area contributed by atoms with Crippen LogP contribution < -0.4 is 11.1 Å². The number of hydrogen-bond acceptors (Lipinski definition) is 5. The summed E-state index contributed by atoms with van der Waals surface area (Å²) in [5.41, 5.74) is 5.98. The molecule has 0 radical (unpaired) electrons. The lowest BCUT2D eigenvalue weighted by Crippen LogP contribution is -2.40. The zero-order valence-corrected chi connectivity index (χ0v) is 13.0. The number of benzene rings is 1. The maximum absolute atomic E-state index is 13.3. The van der Waals surface area contributed by atoms with Gasteiger partial charge in [-0.25, -0.2) is 9.37 Å². The standard InChI is InChI=1S/C15H18FN3O2S/c1-9(20)18-12(7-6-10(16)8-17)14(21)15-19-11-4-2-3-5-13(11)22-15/h2-5,10,12H,6-8,17H2,1H3,(H,18,20)/t10-,12+/m1/s1. The summed E-state index contributed by atoms with van der Waals surface area (Å²) in [6.07, 6.45) is -0.857. The normalized spacial score (nSPS) is 13.8. The fourth-order valence-electron chi connectivity index (χ4n) is 2.11. The lowest BCUT2D eigenvalue weighted by atomic mass is 10.0. The van der Waals surface area contributed by atoms with Crippen molar-refractivity contribution in [2.45, 2.75) is 32.0 Å². The van der Waals surface area contributed by atoms with Gasteiger partial charge in [-0.2, -0.15) is 0 Å². The van der Waals surface area contributed by atoms with Gasteiger partial charge < -0.3 is 11.1 Å². The Bertz CT molecular complexity index is 641. The first-order valence-corrected chi connectivity index (χ1v) is 7.84. The second-order valence-electron chi connectivity index (χ2n) is 5.01. The van der Waals surface area contributed by atoms with Crippen molar-refractivity contribution < 1.29 is 14.0 Å². The van der Waals surface area contributed by atoms with E-state index in [9.17, 15) is 14.0 Å². The van der Waals surface area contributed by atoms with Gasteiger partial charge in [-0.15, -0.1) is 11.3 Å². The Hall–Kier alpha value is -1.86. The smallest absolute Gasteiger partial charge is 0.217 e. The van der Waals surface area contributed by atoms with E-state index < -0.39 is 12.2 Å². The Morgan fingerprint density at radius 2 is 2.09 bits per heavy atom. The number of alkyl halides is 1. The lowest BCUT2D eigenvalue weighted by molar-refractivity contribution is -0.119. The van der Waals surface area contributed by atoms with Gasteiger partial charge in [0, 0.05) is 13.5 Å². The van der Waals surface area contributed by atoms with Gasteiger partial charge in [0.2, 0.25) is 11.7 Å². The number of nitrogens with zero attached hydrogens (tertiary/aromatic N) is 1. The number of thiazole rings is 1. The molecular formula is C15H18FN3O2S. The first-order valence-electron chi connectivity index (χ1n) is 7.02. The molecule has 0 saturated carbocycles. The molecule has 0 bridgehead atoms. The topological polar surface area (TPSA) is 85.1 Å². The number of rotatable bonds is 7. The molecule has 118 valence electrons. The molecule has 7 heteroatoms. The van der Waals surface area contributed by atoms with E-state index in [0.717, 1.165) is 10.2 Å². The van der Waals surface area contributed by atoms with Crippen LogP contribution in [0.25, 0.3) is 10.2 Å². The molecule has 2 aromatic rings. The zero-order valence-electron chi connectivity index (χ0n) is 12.2. The molecular weight excluding hydrogens is 305 g/mol. The van der Waals surface area contributed by atoms with Gasteiger partial charge in [0.1, 0.15) is 6.17 Å². The van der Waals surface area contributed by atoms with E-state index in [-0.39, 0.29) is 31.1 Å². The lowest BCUT2D eigenvalue weighted by Gasteiger charge is -2.16. The highest BCUT2D eigenvalue weighted by Gasteiger charge is 2.25. The monoisotopic (exact) mass is 323 g/mol. The Morgan fingerprint density at radius 3 is 2.73 bits per heavy atom. The molecule has 0 spiro atoms. The number of nitrogens with one attached hydrogen (secondary N) is 1. The van der Waals surface area contributed by atoms with E-state index in [0.29, 0.717) is 5.01 Å². The predicted octanol–water partition coefficient (Wildman–Crippen LogP) is 2.06. The van der Waals surface area contributed by atoms with Crippen LogP contribution in [-0.2, 0) is 4.79 Å². The molecule has 1 amide bonds. The molecule has 0 aliphatic carbocycles. The summed E-state index contributed by atoms with van der Waals surface area (Å²) in [6, 6.07) is 6.64. The number of para-hydroxylation sites is 1. The Labute approximate surface area is 131 Å². The fourth-order valence-corrected chi connectivity index (χ4v) is 3.07. The van der Waals surface area contributed by atoms with E-state index in [4.69, 9.17) is 5.73 Å². The van der Waals surface area contributed by atoms with Gasteiger partial charge in [-0.1, -0.05) is 12.1 Å². The third kappa shape index (κ3) is 4.08. The van der Waals surface area contributed by atoms with E-state index in [1.54, 1.807) is 0 Å². The van der Waals surface area contributed by atoms with Crippen LogP contribution in [0.3, 0.4) is 0 Å². The first-order chi connectivity index (χ1) is 10.5. The number of aromatic nitrogens is 1. The number of hydrogen-bond donors (Lipinski definition) is 2. The van der Waals surface area contributed by atoms with E-state index >= 15 is 0 Å². The number of ketones is 1. The number of halogens is 1. The summed E-state index contributed by atoms with van der Waals surface area (Å²) in [5, 5.41) is 2.89. The van der Waals surface area contributed by atoms with Crippen molar-refractivity contribution in [3.63, 3.8) is 0 Å². The van der Waals surface area contributed by atoms with Crippen molar-refractivity contribution >= 4 is 33.2 Å². The average Bonchev–Trinajstić information content (AvgIpc) is 2.93. The summed E-state index contributed by atoms with van der Waals surface area (Å²) >= 11 is 1.27. The van der Waals surface area contributed by atoms with E-state index in [1.807, 2.05) is 24.3 Å². The summed E-state index contributed by atoms with van der Waals surface area (Å²) in [6.45, 7) is 1.23. The van der Waals surface area contributed by atoms with E-state index in [2.05, 4.69) is 10.3 Å². The van der Waals surface area contributed by atoms with Crippen molar-refractivity contribution in [3.05, 3.63) is 29.3 Å². The molecule has 0 fully saturated rings. The third-order valence-corrected chi connectivity index (χ3v) is 4.27. The number of fused-ring (bicyclic) bond motifs is 1. The van der Waals surface area contributed by atoms with Crippen LogP contribution in [0.4, 0.5) is 4.39 Å². The molecule has 1 aromatic carbocycles. The number of carbonyl (C=O) groups excluding carboxylic acids is 2. The third-order valence-electron chi connectivity index (χ3n) is 3.22. The van der Waals surface area contributed by atoms with Crippen molar-refractivity contribution in [3.8, 4) is 0 Å². The van der Waals surface area contributed by atoms with Crippen LogP contribution in [-0.4, -0.2) is 35.4 Å². The molecule has 0 unspecified atom stereocenters. The average molecular weight is 323 g/mol. The molecule has 1 aromatic heterocycles. The van der Waals surface area contributed by atoms with Gasteiger partial charge >= 0.3 is 0 Å². The van der Waals surface area contributed by atoms with Crippen molar-refractivity contribution in [2.75, 3.05) is 6.54 Å². The molecule has 2 rings (SSSR count). The second kappa shape index (κ2) is 7.42. The van der Waals surface area contributed by atoms with Gasteiger partial charge in [0.15, 0.2) is 5.01 Å². The number of carbonyl (C=O) groups is 2. The summed E-state index contributed by atoms with van der Waals surface area (Å²) in [5.74, 6) is -0.622. The largest absolute Gasteiger partial charge is 0.346 e. The second-order valence-corrected chi connectivity index (χ2v) is 6.05. The highest BCUT2D eigenvalue weighted by atomic mass is 32.1. The summed E-state index contributed by atoms with van der Waals surface area (Å²) < 4.78 is 14.2. The Balaban J connectivity index is 2.17. The minimum Gasteiger partial charge on any atom is -0.346 e. The van der Waals surface area contributed by atoms with Gasteiger partial charge in [-0.3, -0.25) is 9.59 Å². The van der Waals surface area contributed by atoms with Crippen LogP contribution in [0, 0.1) is 0 Å². The molecule has 22 heavy (non-hydrogen) atoms. The Kier molecular flexibility index (Phi) is 5.57. The molecule has 3 N–H and O–H groups in total. The van der Waals surface area contributed by atoms with Crippen molar-refractivity contribution in [1.29, 1.82) is 0 Å². The SMILES string of the molecule is CC(=O)N[C@@H](CC[C@@H](F)CN)C(=O)c1nc2ccccc2s1. The maximum Gasteiger partial charge on any atom is 0.217 e. The van der Waals surface area contributed by atoms with Crippen LogP contribution >= 0.6 is 11.3 Å². The summed E-state index contributed by atoms with van der Waals surface area (Å²) in [4.78, 5) is 28.1. The van der Waals surface area contributed by atoms with Gasteiger partial charge in [0.05, 0.1) is 16.3 Å². The maximum atomic E-state index is 13.3. The van der Waals surface area contributed by atoms with Crippen LogP contribution in [0.15, 0.2) is 24.3 Å². The molecule has 5 nitrogen and oxygen atoms in total. The summed E-state index contributed by atoms with van der Waals surface area (Å²) in [7, 11) is 0. The zero-order chi connectivity index (χ0) is 16.1. The minimum atomic E-state index is -1.18. The van der Waals surface area contributed by atoms with Crippen LogP contribution in [0.2, 0.25) is 0 Å². The molecule has 0 aliphatic rings. The molecule has 1 heterocycles. The van der Waals surface area contributed by atoms with Crippen LogP contribution in [0.5, 0.6) is 0 Å². The van der Waals surface area contributed by atoms with E-state index in [1.165, 1.54) is 18.3 Å². The highest BCUT2D eigenvalue weighted by Crippen LogP contribution is 2.23. The number of nitrogens with two attached hydrogens (primary N) is 1. The molecule has 0 aliphatic heterocycles. The van der Waals surface area contributed by atoms with Gasteiger partial charge in [-0.05, 0) is 25.0 Å².